The number of nitrogens with zero attached hydrogens (tertiary/aromatic N) is 1. The highest BCUT2D eigenvalue weighted by Crippen LogP contribution is 2.31. The number of likely N-dealkylation sites (N-methyl/N-ethyl adjacent to an activating group) is 1. The summed E-state index contributed by atoms with van der Waals surface area (Å²) in [5, 5.41) is -0.0930. The molecule has 1 heterocycles. The zero-order valence-corrected chi connectivity index (χ0v) is 21.9. The molecule has 1 saturated heterocycles. The first-order chi connectivity index (χ1) is 17.6. The van der Waals surface area contributed by atoms with Gasteiger partial charge in [0, 0.05) is 19.5 Å². The van der Waals surface area contributed by atoms with Gasteiger partial charge in [0.15, 0.2) is 5.78 Å². The molecule has 0 saturated carbocycles. The van der Waals surface area contributed by atoms with Gasteiger partial charge < -0.3 is 4.74 Å². The average Bonchev–Trinajstić information content (AvgIpc) is 2.88. The summed E-state index contributed by atoms with van der Waals surface area (Å²) in [6.45, 7) is 0. The van der Waals surface area contributed by atoms with Gasteiger partial charge in [-0.3, -0.25) is 9.59 Å². The SMILES string of the molecule is COC(=O)Cc1ccc(-c2cccc(C3CC(C(=O)Cc4ccc(F)c(Cl)c4)N(C)S(=O)(=O)N3)c2)cc1. The lowest BCUT2D eigenvalue weighted by Gasteiger charge is -2.36. The minimum Gasteiger partial charge on any atom is -0.469 e. The second-order valence-corrected chi connectivity index (χ2v) is 11.1. The maximum atomic E-state index is 13.5. The molecule has 1 aliphatic rings. The molecule has 0 bridgehead atoms. The van der Waals surface area contributed by atoms with E-state index in [1.165, 1.54) is 32.4 Å². The molecule has 0 radical (unpaired) electrons. The summed E-state index contributed by atoms with van der Waals surface area (Å²) in [6, 6.07) is 17.4. The van der Waals surface area contributed by atoms with E-state index >= 15 is 0 Å². The predicted octanol–water partition coefficient (Wildman–Crippen LogP) is 4.25. The predicted molar refractivity (Wildman–Crippen MR) is 139 cm³/mol. The van der Waals surface area contributed by atoms with Crippen LogP contribution in [0, 0.1) is 5.82 Å². The number of hydrogen-bond acceptors (Lipinski definition) is 5. The monoisotopic (exact) mass is 544 g/mol. The molecular weight excluding hydrogens is 519 g/mol. The van der Waals surface area contributed by atoms with Gasteiger partial charge in [-0.15, -0.1) is 0 Å². The average molecular weight is 545 g/mol. The minimum atomic E-state index is -3.92. The number of carbonyl (C=O) groups is 2. The van der Waals surface area contributed by atoms with Crippen LogP contribution in [0.15, 0.2) is 66.7 Å². The summed E-state index contributed by atoms with van der Waals surface area (Å²) >= 11 is 5.84. The Bertz CT molecular complexity index is 1430. The molecule has 1 aliphatic heterocycles. The number of methoxy groups -OCH3 is 1. The number of benzene rings is 3. The van der Waals surface area contributed by atoms with Crippen molar-refractivity contribution < 1.29 is 27.1 Å². The number of esters is 1. The number of Topliss-reactive ketones (excluding diaryl/α,β-unsaturated/α-hetero) is 1. The Hall–Kier alpha value is -3.11. The van der Waals surface area contributed by atoms with Crippen LogP contribution in [0.1, 0.15) is 29.2 Å². The Morgan fingerprint density at radius 3 is 2.41 bits per heavy atom. The fourth-order valence-electron chi connectivity index (χ4n) is 4.35. The van der Waals surface area contributed by atoms with Crippen LogP contribution in [0.4, 0.5) is 4.39 Å². The molecule has 4 rings (SSSR count). The Labute approximate surface area is 220 Å². The van der Waals surface area contributed by atoms with E-state index in [2.05, 4.69) is 4.72 Å². The summed E-state index contributed by atoms with van der Waals surface area (Å²) < 4.78 is 47.7. The van der Waals surface area contributed by atoms with Crippen molar-refractivity contribution in [1.82, 2.24) is 9.03 Å². The van der Waals surface area contributed by atoms with Crippen molar-refractivity contribution in [3.63, 3.8) is 0 Å². The largest absolute Gasteiger partial charge is 0.469 e. The van der Waals surface area contributed by atoms with Crippen molar-refractivity contribution >= 4 is 33.6 Å². The third-order valence-corrected chi connectivity index (χ3v) is 8.34. The van der Waals surface area contributed by atoms with E-state index in [-0.39, 0.29) is 36.0 Å². The maximum absolute atomic E-state index is 13.5. The van der Waals surface area contributed by atoms with Crippen molar-refractivity contribution in [2.75, 3.05) is 14.2 Å². The summed E-state index contributed by atoms with van der Waals surface area (Å²) in [4.78, 5) is 24.7. The van der Waals surface area contributed by atoms with Crippen LogP contribution < -0.4 is 4.72 Å². The Morgan fingerprint density at radius 1 is 1.03 bits per heavy atom. The summed E-state index contributed by atoms with van der Waals surface area (Å²) in [7, 11) is -1.22. The van der Waals surface area contributed by atoms with Crippen LogP contribution in [-0.4, -0.2) is 44.7 Å². The summed E-state index contributed by atoms with van der Waals surface area (Å²) in [5.41, 5.74) is 3.81. The van der Waals surface area contributed by atoms with Gasteiger partial charge in [-0.05, 0) is 52.4 Å². The highest BCUT2D eigenvalue weighted by Gasteiger charge is 2.40. The standard InChI is InChI=1S/C27H26ClFN2O5S/c1-31-25(26(32)13-18-8-11-23(29)22(28)12-18)16-24(30-37(31,34)35)21-5-3-4-20(15-21)19-9-6-17(7-10-19)14-27(33)36-2/h3-12,15,24-25,30H,13-14,16H2,1-2H3. The number of hydrogen-bond donors (Lipinski definition) is 1. The molecule has 0 aliphatic carbocycles. The first-order valence-corrected chi connectivity index (χ1v) is 13.4. The van der Waals surface area contributed by atoms with Gasteiger partial charge in [0.1, 0.15) is 5.82 Å². The lowest BCUT2D eigenvalue weighted by Crippen LogP contribution is -2.55. The van der Waals surface area contributed by atoms with Crippen LogP contribution in [0.5, 0.6) is 0 Å². The fourth-order valence-corrected chi connectivity index (χ4v) is 5.85. The van der Waals surface area contributed by atoms with E-state index in [1.54, 1.807) is 0 Å². The van der Waals surface area contributed by atoms with Crippen LogP contribution in [0.2, 0.25) is 5.02 Å². The van der Waals surface area contributed by atoms with Gasteiger partial charge in [-0.25, -0.2) is 4.39 Å². The van der Waals surface area contributed by atoms with E-state index in [0.717, 1.165) is 26.6 Å². The van der Waals surface area contributed by atoms with E-state index in [1.807, 2.05) is 48.5 Å². The second-order valence-electron chi connectivity index (χ2n) is 8.91. The van der Waals surface area contributed by atoms with Crippen molar-refractivity contribution in [1.29, 1.82) is 0 Å². The molecule has 3 aromatic carbocycles. The normalized spacial score (nSPS) is 19.4. The molecule has 1 N–H and O–H groups in total. The van der Waals surface area contributed by atoms with E-state index in [9.17, 15) is 22.4 Å². The molecule has 0 amide bonds. The first kappa shape index (κ1) is 26.9. The molecular formula is C27H26ClFN2O5S. The number of halogens is 2. The fraction of sp³-hybridized carbons (Fsp3) is 0.259. The van der Waals surface area contributed by atoms with Crippen molar-refractivity contribution in [3.8, 4) is 11.1 Å². The van der Waals surface area contributed by atoms with Gasteiger partial charge in [0.25, 0.3) is 10.2 Å². The summed E-state index contributed by atoms with van der Waals surface area (Å²) in [5.74, 6) is -1.22. The Morgan fingerprint density at radius 2 is 1.73 bits per heavy atom. The van der Waals surface area contributed by atoms with E-state index in [4.69, 9.17) is 16.3 Å². The number of rotatable bonds is 7. The van der Waals surface area contributed by atoms with Gasteiger partial charge in [0.05, 0.1) is 24.6 Å². The molecule has 2 atom stereocenters. The number of nitrogens with one attached hydrogen (secondary N) is 1. The molecule has 194 valence electrons. The molecule has 37 heavy (non-hydrogen) atoms. The minimum absolute atomic E-state index is 0.0742. The Kier molecular flexibility index (Phi) is 8.08. The lowest BCUT2D eigenvalue weighted by atomic mass is 9.93. The molecule has 2 unspecified atom stereocenters. The lowest BCUT2D eigenvalue weighted by molar-refractivity contribution is -0.139. The highest BCUT2D eigenvalue weighted by molar-refractivity contribution is 7.87. The van der Waals surface area contributed by atoms with E-state index in [0.29, 0.717) is 5.56 Å². The zero-order valence-electron chi connectivity index (χ0n) is 20.3. The van der Waals surface area contributed by atoms with Crippen molar-refractivity contribution in [3.05, 3.63) is 94.3 Å². The van der Waals surface area contributed by atoms with Crippen molar-refractivity contribution in [2.24, 2.45) is 0 Å². The van der Waals surface area contributed by atoms with Gasteiger partial charge >= 0.3 is 5.97 Å². The van der Waals surface area contributed by atoms with Gasteiger partial charge in [-0.2, -0.15) is 17.4 Å². The second kappa shape index (κ2) is 11.1. The topological polar surface area (TPSA) is 92.8 Å². The van der Waals surface area contributed by atoms with E-state index < -0.39 is 28.1 Å². The zero-order chi connectivity index (χ0) is 26.7. The summed E-state index contributed by atoms with van der Waals surface area (Å²) in [6.07, 6.45) is 0.327. The van der Waals surface area contributed by atoms with Gasteiger partial charge in [-0.1, -0.05) is 60.1 Å². The molecule has 0 aromatic heterocycles. The number of ether oxygens (including phenoxy) is 1. The first-order valence-electron chi connectivity index (χ1n) is 11.6. The molecule has 1 fully saturated rings. The van der Waals surface area contributed by atoms with Crippen LogP contribution in [0.25, 0.3) is 11.1 Å². The van der Waals surface area contributed by atoms with Crippen LogP contribution in [-0.2, 0) is 37.4 Å². The molecule has 7 nitrogen and oxygen atoms in total. The smallest absolute Gasteiger partial charge is 0.309 e. The molecule has 0 spiro atoms. The quantitative estimate of drug-likeness (QED) is 0.449. The van der Waals surface area contributed by atoms with Crippen molar-refractivity contribution in [2.45, 2.75) is 31.3 Å². The van der Waals surface area contributed by atoms with Crippen LogP contribution >= 0.6 is 11.6 Å². The highest BCUT2D eigenvalue weighted by atomic mass is 35.5. The third-order valence-electron chi connectivity index (χ3n) is 6.45. The Balaban J connectivity index is 1.55. The van der Waals surface area contributed by atoms with Gasteiger partial charge in [0.2, 0.25) is 0 Å². The molecule has 10 heteroatoms. The maximum Gasteiger partial charge on any atom is 0.309 e. The number of ketones is 1. The van der Waals surface area contributed by atoms with Crippen LogP contribution in [0.3, 0.4) is 0 Å². The number of carbonyl (C=O) groups excluding carboxylic acids is 2. The molecule has 3 aromatic rings. The third kappa shape index (κ3) is 6.24.